The fourth-order valence-electron chi connectivity index (χ4n) is 4.76. The van der Waals surface area contributed by atoms with Gasteiger partial charge in [-0.3, -0.25) is 23.7 Å². The largest absolute Gasteiger partial charge is 0.465 e. The normalized spacial score (nSPS) is 21.1. The summed E-state index contributed by atoms with van der Waals surface area (Å²) in [7, 11) is -4.02. The van der Waals surface area contributed by atoms with Crippen molar-refractivity contribution in [3.05, 3.63) is 59.1 Å². The van der Waals surface area contributed by atoms with E-state index in [4.69, 9.17) is 24.3 Å². The maximum absolute atomic E-state index is 14.3. The number of hydrogen-bond acceptors (Lipinski definition) is 11. The Morgan fingerprint density at radius 2 is 2.00 bits per heavy atom. The summed E-state index contributed by atoms with van der Waals surface area (Å²) in [6.45, 7) is 7.33. The highest BCUT2D eigenvalue weighted by Gasteiger charge is 2.40. The van der Waals surface area contributed by atoms with Gasteiger partial charge in [-0.1, -0.05) is 64.1 Å². The van der Waals surface area contributed by atoms with Crippen molar-refractivity contribution in [2.45, 2.75) is 52.6 Å². The number of H-pyrrole nitrogens is 1. The highest BCUT2D eigenvalue weighted by molar-refractivity contribution is 7.54. The van der Waals surface area contributed by atoms with Crippen molar-refractivity contribution in [1.29, 1.82) is 0 Å². The molecule has 0 amide bonds. The number of carbonyl (C=O) groups is 1. The number of carbonyl (C=O) groups excluding carboxylic acids is 1. The van der Waals surface area contributed by atoms with Crippen molar-refractivity contribution in [3.8, 4) is 5.75 Å². The molecule has 0 radical (unpaired) electrons. The molecule has 4 aromatic rings. The van der Waals surface area contributed by atoms with Gasteiger partial charge in [0.05, 0.1) is 37.7 Å². The molecule has 2 aromatic heterocycles. The molecule has 1 unspecified atom stereocenters. The van der Waals surface area contributed by atoms with Crippen molar-refractivity contribution in [1.82, 2.24) is 19.5 Å². The SMILES string of the molecule is C[C@H](CP(=O)(OC[C@H]1O[C@@H](n2cnc3c(=O)[nH]c(N)nc32)C[C@H]1O)Oc1cccc2ccccc12)C(=O)OCC(C)(C)C. The smallest absolute Gasteiger partial charge is 0.380 e. The molecule has 43 heavy (non-hydrogen) atoms. The molecule has 0 spiro atoms. The van der Waals surface area contributed by atoms with Gasteiger partial charge in [-0.2, -0.15) is 4.98 Å². The van der Waals surface area contributed by atoms with Crippen LogP contribution >= 0.6 is 7.60 Å². The molecule has 3 heterocycles. The summed E-state index contributed by atoms with van der Waals surface area (Å²) in [5.74, 6) is -1.08. The van der Waals surface area contributed by atoms with Crippen LogP contribution in [0, 0.1) is 11.3 Å². The number of esters is 1. The maximum Gasteiger partial charge on any atom is 0.380 e. The second-order valence-electron chi connectivity index (χ2n) is 11.9. The van der Waals surface area contributed by atoms with Crippen molar-refractivity contribution in [2.24, 2.45) is 11.3 Å². The average Bonchev–Trinajstić information content (AvgIpc) is 3.53. The third-order valence-electron chi connectivity index (χ3n) is 6.93. The number of nitrogens with zero attached hydrogens (tertiary/aromatic N) is 3. The predicted octanol–water partition coefficient (Wildman–Crippen LogP) is 4.02. The zero-order chi connectivity index (χ0) is 30.9. The van der Waals surface area contributed by atoms with Crippen LogP contribution in [0.3, 0.4) is 0 Å². The Hall–Kier alpha value is -3.77. The van der Waals surface area contributed by atoms with Crippen LogP contribution in [-0.2, 0) is 23.4 Å². The van der Waals surface area contributed by atoms with E-state index < -0.39 is 43.5 Å². The molecule has 2 aromatic carbocycles. The van der Waals surface area contributed by atoms with Gasteiger partial charge >= 0.3 is 13.6 Å². The summed E-state index contributed by atoms with van der Waals surface area (Å²) in [6, 6.07) is 12.8. The number of aliphatic hydroxyl groups is 1. The van der Waals surface area contributed by atoms with Crippen molar-refractivity contribution < 1.29 is 33.0 Å². The van der Waals surface area contributed by atoms with E-state index in [1.807, 2.05) is 51.1 Å². The Labute approximate surface area is 247 Å². The summed E-state index contributed by atoms with van der Waals surface area (Å²) >= 11 is 0. The van der Waals surface area contributed by atoms with Gasteiger partial charge in [-0.05, 0) is 16.9 Å². The van der Waals surface area contributed by atoms with Gasteiger partial charge in [0, 0.05) is 11.8 Å². The Morgan fingerprint density at radius 1 is 1.26 bits per heavy atom. The molecule has 5 rings (SSSR count). The quantitative estimate of drug-likeness (QED) is 0.174. The van der Waals surface area contributed by atoms with E-state index in [9.17, 15) is 19.3 Å². The lowest BCUT2D eigenvalue weighted by atomic mass is 9.99. The zero-order valence-corrected chi connectivity index (χ0v) is 25.3. The van der Waals surface area contributed by atoms with Crippen molar-refractivity contribution in [3.63, 3.8) is 0 Å². The first-order valence-corrected chi connectivity index (χ1v) is 15.7. The molecule has 14 heteroatoms. The summed E-state index contributed by atoms with van der Waals surface area (Å²) in [5.41, 5.74) is 5.24. The second-order valence-corrected chi connectivity index (χ2v) is 14.0. The van der Waals surface area contributed by atoms with Crippen LogP contribution in [0.15, 0.2) is 53.6 Å². The molecule has 5 atom stereocenters. The van der Waals surface area contributed by atoms with Crippen LogP contribution in [0.2, 0.25) is 0 Å². The van der Waals surface area contributed by atoms with Gasteiger partial charge in [0.15, 0.2) is 11.2 Å². The molecule has 13 nitrogen and oxygen atoms in total. The molecule has 230 valence electrons. The number of ether oxygens (including phenoxy) is 2. The number of aromatic amines is 1. The van der Waals surface area contributed by atoms with Crippen LogP contribution in [0.4, 0.5) is 5.95 Å². The van der Waals surface area contributed by atoms with Crippen LogP contribution < -0.4 is 15.8 Å². The summed E-state index contributed by atoms with van der Waals surface area (Å²) in [6.07, 6.45) is -1.42. The van der Waals surface area contributed by atoms with E-state index in [0.29, 0.717) is 5.75 Å². The molecule has 1 aliphatic heterocycles. The highest BCUT2D eigenvalue weighted by Crippen LogP contribution is 2.52. The highest BCUT2D eigenvalue weighted by atomic mass is 31.2. The number of aromatic nitrogens is 4. The Bertz CT molecular complexity index is 1730. The number of hydrogen-bond donors (Lipinski definition) is 3. The van der Waals surface area contributed by atoms with Crippen molar-refractivity contribution in [2.75, 3.05) is 25.1 Å². The summed E-state index contributed by atoms with van der Waals surface area (Å²) in [4.78, 5) is 35.6. The topological polar surface area (TPSA) is 181 Å². The minimum Gasteiger partial charge on any atom is -0.465 e. The Kier molecular flexibility index (Phi) is 8.62. The third-order valence-corrected chi connectivity index (χ3v) is 8.95. The van der Waals surface area contributed by atoms with E-state index in [1.54, 1.807) is 19.1 Å². The minimum atomic E-state index is -4.02. The van der Waals surface area contributed by atoms with Crippen molar-refractivity contribution >= 4 is 41.4 Å². The number of fused-ring (bicyclic) bond motifs is 2. The number of imidazole rings is 1. The van der Waals surface area contributed by atoms with Crippen LogP contribution in [0.25, 0.3) is 21.9 Å². The third kappa shape index (κ3) is 7.07. The van der Waals surface area contributed by atoms with Crippen LogP contribution in [0.5, 0.6) is 5.75 Å². The first-order chi connectivity index (χ1) is 20.3. The lowest BCUT2D eigenvalue weighted by molar-refractivity contribution is -0.150. The van der Waals surface area contributed by atoms with Gasteiger partial charge in [0.1, 0.15) is 18.1 Å². The molecular formula is C29H36N5O8P. The van der Waals surface area contributed by atoms with Gasteiger partial charge in [-0.25, -0.2) is 9.55 Å². The van der Waals surface area contributed by atoms with E-state index >= 15 is 0 Å². The number of aliphatic hydroxyl groups excluding tert-OH is 1. The summed E-state index contributed by atoms with van der Waals surface area (Å²) in [5, 5.41) is 12.4. The van der Waals surface area contributed by atoms with Crippen LogP contribution in [0.1, 0.15) is 40.3 Å². The fourth-order valence-corrected chi connectivity index (χ4v) is 6.64. The first-order valence-electron chi connectivity index (χ1n) is 14.0. The summed E-state index contributed by atoms with van der Waals surface area (Å²) < 4.78 is 39.3. The van der Waals surface area contributed by atoms with E-state index in [0.717, 1.165) is 10.8 Å². The zero-order valence-electron chi connectivity index (χ0n) is 24.4. The molecule has 1 aliphatic rings. The monoisotopic (exact) mass is 613 g/mol. The van der Waals surface area contributed by atoms with E-state index in [-0.39, 0.29) is 48.3 Å². The molecule has 0 aliphatic carbocycles. The number of nitrogens with one attached hydrogen (secondary N) is 1. The molecule has 4 N–H and O–H groups in total. The predicted molar refractivity (Wildman–Crippen MR) is 160 cm³/mol. The van der Waals surface area contributed by atoms with Gasteiger partial charge < -0.3 is 24.8 Å². The van der Waals surface area contributed by atoms with Gasteiger partial charge in [0.2, 0.25) is 5.95 Å². The van der Waals surface area contributed by atoms with E-state index in [2.05, 4.69) is 15.0 Å². The standard InChI is InChI=1S/C29H36N5O8P/c1-17(27(37)39-15-29(2,3)4)14-43(38,42-21-11-7-9-18-8-5-6-10-19(18)21)40-13-22-20(35)12-23(41-22)34-16-31-24-25(34)32-28(30)33-26(24)36/h5-11,16-17,20,22-23,35H,12-15H2,1-4H3,(H3,30,32,33,36)/t17-,20-,22-,23-,43?/m1/s1. The lowest BCUT2D eigenvalue weighted by Crippen LogP contribution is -2.28. The molecular weight excluding hydrogens is 577 g/mol. The second kappa shape index (κ2) is 12.1. The van der Waals surface area contributed by atoms with Gasteiger partial charge in [0.25, 0.3) is 5.56 Å². The molecule has 0 bridgehead atoms. The lowest BCUT2D eigenvalue weighted by Gasteiger charge is -2.25. The average molecular weight is 614 g/mol. The number of benzene rings is 2. The van der Waals surface area contributed by atoms with Gasteiger partial charge in [-0.15, -0.1) is 0 Å². The number of nitrogens with two attached hydrogens (primary N) is 1. The Morgan fingerprint density at radius 3 is 2.77 bits per heavy atom. The minimum absolute atomic E-state index is 0.0762. The van der Waals surface area contributed by atoms with E-state index in [1.165, 1.54) is 10.9 Å². The molecule has 0 saturated carbocycles. The maximum atomic E-state index is 14.3. The number of nitrogen functional groups attached to an aromatic ring is 1. The van der Waals surface area contributed by atoms with Crippen LogP contribution in [-0.4, -0.2) is 62.2 Å². The number of anilines is 1. The number of rotatable bonds is 10. The fraction of sp³-hybridized carbons (Fsp3) is 0.448. The molecule has 1 saturated heterocycles. The first kappa shape index (κ1) is 30.7. The Balaban J connectivity index is 1.35. The molecule has 1 fully saturated rings.